The molecule has 1 aromatic carbocycles. The largest absolute Gasteiger partial charge is 0.417 e. The molecule has 1 aromatic heterocycles. The average molecular weight is 524 g/mol. The fourth-order valence-electron chi connectivity index (χ4n) is 3.94. The van der Waals surface area contributed by atoms with Crippen LogP contribution < -0.4 is 10.1 Å². The van der Waals surface area contributed by atoms with Crippen LogP contribution in [-0.4, -0.2) is 54.8 Å². The van der Waals surface area contributed by atoms with Gasteiger partial charge >= 0.3 is 18.4 Å². The minimum atomic E-state index is -4.94. The molecule has 36 heavy (non-hydrogen) atoms. The summed E-state index contributed by atoms with van der Waals surface area (Å²) < 4.78 is 98.5. The van der Waals surface area contributed by atoms with Crippen LogP contribution in [0.25, 0.3) is 11.3 Å². The van der Waals surface area contributed by atoms with E-state index in [0.29, 0.717) is 31.2 Å². The molecule has 3 rings (SSSR count). The molecule has 0 spiro atoms. The number of ether oxygens (including phenoxy) is 3. The molecule has 0 bridgehead atoms. The molecule has 1 amide bonds. The number of aliphatic hydroxyl groups excluding tert-OH is 1. The summed E-state index contributed by atoms with van der Waals surface area (Å²) >= 11 is 0. The molecule has 13 heteroatoms. The van der Waals surface area contributed by atoms with Gasteiger partial charge in [-0.15, -0.1) is 0 Å². The molecule has 1 aliphatic heterocycles. The molecule has 200 valence electrons. The van der Waals surface area contributed by atoms with Gasteiger partial charge in [-0.3, -0.25) is 0 Å². The Balaban J connectivity index is 2.05. The summed E-state index contributed by atoms with van der Waals surface area (Å²) in [5.41, 5.74) is -3.20. The third kappa shape index (κ3) is 6.71. The highest BCUT2D eigenvalue weighted by atomic mass is 19.4. The zero-order valence-electron chi connectivity index (χ0n) is 19.5. The van der Waals surface area contributed by atoms with E-state index in [1.165, 1.54) is 18.6 Å². The lowest BCUT2D eigenvalue weighted by molar-refractivity contribution is -0.141. The van der Waals surface area contributed by atoms with Crippen molar-refractivity contribution in [3.63, 3.8) is 0 Å². The second-order valence-electron chi connectivity index (χ2n) is 8.36. The van der Waals surface area contributed by atoms with Crippen LogP contribution in [0.3, 0.4) is 0 Å². The summed E-state index contributed by atoms with van der Waals surface area (Å²) in [6, 6.07) is 2.30. The van der Waals surface area contributed by atoms with Gasteiger partial charge in [0.1, 0.15) is 0 Å². The lowest BCUT2D eigenvalue weighted by atomic mass is 10.00. The van der Waals surface area contributed by atoms with Crippen LogP contribution in [0.1, 0.15) is 29.7 Å². The first-order valence-electron chi connectivity index (χ1n) is 11.0. The molecule has 1 fully saturated rings. The lowest BCUT2D eigenvalue weighted by Crippen LogP contribution is -2.36. The monoisotopic (exact) mass is 524 g/mol. The van der Waals surface area contributed by atoms with Crippen LogP contribution in [0.15, 0.2) is 24.3 Å². The van der Waals surface area contributed by atoms with Gasteiger partial charge in [0.25, 0.3) is 0 Å². The number of benzene rings is 1. The lowest BCUT2D eigenvalue weighted by Gasteiger charge is -2.20. The van der Waals surface area contributed by atoms with E-state index in [2.05, 4.69) is 5.32 Å². The van der Waals surface area contributed by atoms with Gasteiger partial charge in [0, 0.05) is 38.4 Å². The highest BCUT2D eigenvalue weighted by Crippen LogP contribution is 2.43. The first kappa shape index (κ1) is 27.8. The maximum Gasteiger partial charge on any atom is 0.417 e. The minimum absolute atomic E-state index is 0.0479. The molecule has 1 aliphatic rings. The maximum absolute atomic E-state index is 13.8. The van der Waals surface area contributed by atoms with Crippen molar-refractivity contribution < 1.29 is 50.5 Å². The number of nitrogens with one attached hydrogen (secondary N) is 1. The first-order valence-corrected chi connectivity index (χ1v) is 11.0. The van der Waals surface area contributed by atoms with Gasteiger partial charge in [-0.2, -0.15) is 26.3 Å². The van der Waals surface area contributed by atoms with Gasteiger partial charge in [0.15, 0.2) is 5.75 Å². The second kappa shape index (κ2) is 11.1. The number of amides is 1. The number of aromatic nitrogens is 1. The zero-order valence-corrected chi connectivity index (χ0v) is 19.5. The number of halogens is 6. The van der Waals surface area contributed by atoms with Gasteiger partial charge in [-0.05, 0) is 38.0 Å². The number of hydrogen-bond acceptors (Lipinski definition) is 5. The van der Waals surface area contributed by atoms with Crippen LogP contribution in [0.4, 0.5) is 31.1 Å². The number of aliphatic hydroxyl groups is 1. The summed E-state index contributed by atoms with van der Waals surface area (Å²) in [6.45, 7) is 1.69. The molecular weight excluding hydrogens is 498 g/mol. The van der Waals surface area contributed by atoms with Crippen LogP contribution in [0.2, 0.25) is 0 Å². The Morgan fingerprint density at radius 1 is 1.22 bits per heavy atom. The minimum Gasteiger partial charge on any atom is -0.408 e. The molecule has 2 atom stereocenters. The Kier molecular flexibility index (Phi) is 8.57. The van der Waals surface area contributed by atoms with Crippen LogP contribution in [0, 0.1) is 6.92 Å². The third-order valence-corrected chi connectivity index (χ3v) is 5.70. The molecule has 0 aliphatic carbocycles. The quantitative estimate of drug-likeness (QED) is 0.486. The summed E-state index contributed by atoms with van der Waals surface area (Å²) in [5.74, 6) is -0.146. The summed E-state index contributed by atoms with van der Waals surface area (Å²) in [7, 11) is 1.35. The Morgan fingerprint density at radius 3 is 2.53 bits per heavy atom. The van der Waals surface area contributed by atoms with Crippen molar-refractivity contribution in [2.75, 3.05) is 26.9 Å². The number of hydrogen-bond donors (Lipinski definition) is 2. The van der Waals surface area contributed by atoms with Crippen molar-refractivity contribution in [3.05, 3.63) is 41.1 Å². The van der Waals surface area contributed by atoms with Crippen LogP contribution in [0.5, 0.6) is 5.75 Å². The van der Waals surface area contributed by atoms with Gasteiger partial charge in [-0.1, -0.05) is 0 Å². The normalized spacial score (nSPS) is 17.3. The molecule has 2 aromatic rings. The van der Waals surface area contributed by atoms with E-state index in [4.69, 9.17) is 14.2 Å². The summed E-state index contributed by atoms with van der Waals surface area (Å²) in [5, 5.41) is 12.0. The molecule has 2 N–H and O–H groups in total. The fraction of sp³-hybridized carbons (Fsp3) is 0.522. The fourth-order valence-corrected chi connectivity index (χ4v) is 3.94. The highest BCUT2D eigenvalue weighted by Gasteiger charge is 2.38. The van der Waals surface area contributed by atoms with Crippen molar-refractivity contribution >= 4 is 6.09 Å². The number of carbonyl (C=O) groups is 1. The highest BCUT2D eigenvalue weighted by molar-refractivity contribution is 5.74. The van der Waals surface area contributed by atoms with Crippen molar-refractivity contribution in [2.24, 2.45) is 0 Å². The van der Waals surface area contributed by atoms with Crippen molar-refractivity contribution in [1.82, 2.24) is 9.88 Å². The van der Waals surface area contributed by atoms with Gasteiger partial charge in [0.2, 0.25) is 0 Å². The summed E-state index contributed by atoms with van der Waals surface area (Å²) in [4.78, 5) is 12.2. The molecule has 1 saturated heterocycles. The molecular formula is C23H26F6N2O5. The maximum atomic E-state index is 13.8. The first-order chi connectivity index (χ1) is 16.8. The van der Waals surface area contributed by atoms with Crippen molar-refractivity contribution in [3.8, 4) is 17.0 Å². The van der Waals surface area contributed by atoms with Gasteiger partial charge < -0.3 is 29.2 Å². The number of rotatable bonds is 8. The topological polar surface area (TPSA) is 82.0 Å². The predicted octanol–water partition coefficient (Wildman–Crippen LogP) is 4.78. The number of alkyl halides is 6. The van der Waals surface area contributed by atoms with Crippen LogP contribution >= 0.6 is 0 Å². The smallest absolute Gasteiger partial charge is 0.408 e. The van der Waals surface area contributed by atoms with Crippen molar-refractivity contribution in [2.45, 2.75) is 50.9 Å². The van der Waals surface area contributed by atoms with Crippen molar-refractivity contribution in [1.29, 1.82) is 0 Å². The Hall–Kier alpha value is -2.77. The molecule has 0 radical (unpaired) electrons. The van der Waals surface area contributed by atoms with E-state index < -0.39 is 41.2 Å². The van der Waals surface area contributed by atoms with E-state index in [9.17, 15) is 36.2 Å². The van der Waals surface area contributed by atoms with E-state index in [-0.39, 0.29) is 42.9 Å². The molecule has 2 heterocycles. The Bertz CT molecular complexity index is 1060. The van der Waals surface area contributed by atoms with Gasteiger partial charge in [0.05, 0.1) is 41.3 Å². The number of methoxy groups -OCH3 is 1. The third-order valence-electron chi connectivity index (χ3n) is 5.70. The number of nitrogens with zero attached hydrogens (tertiary/aromatic N) is 1. The predicted molar refractivity (Wildman–Crippen MR) is 115 cm³/mol. The SMILES string of the molecule is COCC(O)CNC(=O)Oc1cc(-c2cc(C(F)(F)F)ccc2C(F)(F)F)n(C[C@H]2CCCO2)c1C. The molecule has 0 saturated carbocycles. The Morgan fingerprint density at radius 2 is 1.94 bits per heavy atom. The van der Waals surface area contributed by atoms with Gasteiger partial charge in [-0.25, -0.2) is 4.79 Å². The zero-order chi connectivity index (χ0) is 26.7. The summed E-state index contributed by atoms with van der Waals surface area (Å²) in [6.07, 6.45) is -10.9. The van der Waals surface area contributed by atoms with E-state index >= 15 is 0 Å². The molecule has 7 nitrogen and oxygen atoms in total. The second-order valence-corrected chi connectivity index (χ2v) is 8.36. The van der Waals surface area contributed by atoms with Crippen LogP contribution in [-0.2, 0) is 28.4 Å². The number of carbonyl (C=O) groups excluding carboxylic acids is 1. The van der Waals surface area contributed by atoms with E-state index in [1.807, 2.05) is 0 Å². The van der Waals surface area contributed by atoms with E-state index in [0.717, 1.165) is 12.5 Å². The Labute approximate surface area is 202 Å². The average Bonchev–Trinajstić information content (AvgIpc) is 3.40. The van der Waals surface area contributed by atoms with E-state index in [1.54, 1.807) is 0 Å². The molecule has 1 unspecified atom stereocenters. The standard InChI is InChI=1S/C23H26F6N2O5/c1-13-20(36-21(33)30-10-15(32)12-34-2)9-19(31(13)11-16-4-3-7-35-16)17-8-14(22(24,25)26)5-6-18(17)23(27,28)29/h5-6,8-9,15-16,32H,3-4,7,10-12H2,1-2H3,(H,30,33)/t15?,16-/m1/s1.